The zero-order chi connectivity index (χ0) is 14.6. The fourth-order valence-corrected chi connectivity index (χ4v) is 3.05. The van der Waals surface area contributed by atoms with Gasteiger partial charge in [0.25, 0.3) is 0 Å². The number of benzene rings is 1. The van der Waals surface area contributed by atoms with Gasteiger partial charge in [0.1, 0.15) is 0 Å². The quantitative estimate of drug-likeness (QED) is 0.658. The van der Waals surface area contributed by atoms with E-state index < -0.39 is 0 Å². The van der Waals surface area contributed by atoms with Crippen LogP contribution >= 0.6 is 0 Å². The fourth-order valence-electron chi connectivity index (χ4n) is 3.05. The summed E-state index contributed by atoms with van der Waals surface area (Å²) in [6.45, 7) is 8.98. The van der Waals surface area contributed by atoms with Crippen LogP contribution in [0.4, 0.5) is 5.69 Å². The van der Waals surface area contributed by atoms with Crippen LogP contribution in [0.5, 0.6) is 0 Å². The largest absolute Gasteiger partial charge is 0.388 e. The SMILES string of the molecule is C=C(Cc1ccc(CCCC)cc1NC)C1(C)CCC1. The summed E-state index contributed by atoms with van der Waals surface area (Å²) < 4.78 is 0. The number of anilines is 1. The Hall–Kier alpha value is -1.24. The van der Waals surface area contributed by atoms with Gasteiger partial charge in [0.2, 0.25) is 0 Å². The zero-order valence-corrected chi connectivity index (χ0v) is 13.4. The van der Waals surface area contributed by atoms with E-state index in [0.717, 1.165) is 6.42 Å². The Morgan fingerprint density at radius 1 is 1.35 bits per heavy atom. The van der Waals surface area contributed by atoms with Gasteiger partial charge in [-0.05, 0) is 54.7 Å². The van der Waals surface area contributed by atoms with Crippen molar-refractivity contribution in [2.24, 2.45) is 5.41 Å². The molecule has 2 rings (SSSR count). The molecule has 1 aliphatic rings. The number of allylic oxidation sites excluding steroid dienone is 1. The maximum Gasteiger partial charge on any atom is 0.0376 e. The van der Waals surface area contributed by atoms with E-state index in [0.29, 0.717) is 5.41 Å². The summed E-state index contributed by atoms with van der Waals surface area (Å²) in [7, 11) is 2.02. The molecule has 0 spiro atoms. The molecule has 0 aliphatic heterocycles. The van der Waals surface area contributed by atoms with Crippen molar-refractivity contribution in [3.05, 3.63) is 41.5 Å². The highest BCUT2D eigenvalue weighted by molar-refractivity contribution is 5.54. The zero-order valence-electron chi connectivity index (χ0n) is 13.4. The van der Waals surface area contributed by atoms with Crippen LogP contribution in [0.2, 0.25) is 0 Å². The van der Waals surface area contributed by atoms with Crippen LogP contribution in [0.25, 0.3) is 0 Å². The van der Waals surface area contributed by atoms with Crippen molar-refractivity contribution in [3.63, 3.8) is 0 Å². The number of rotatable bonds is 7. The normalized spacial score (nSPS) is 16.6. The number of unbranched alkanes of at least 4 members (excludes halogenated alkanes) is 1. The predicted octanol–water partition coefficient (Wildman–Crippen LogP) is 5.36. The van der Waals surface area contributed by atoms with Crippen LogP contribution in [-0.4, -0.2) is 7.05 Å². The molecule has 0 saturated heterocycles. The highest BCUT2D eigenvalue weighted by Gasteiger charge is 2.34. The smallest absolute Gasteiger partial charge is 0.0376 e. The third-order valence-corrected chi connectivity index (χ3v) is 4.98. The van der Waals surface area contributed by atoms with Gasteiger partial charge in [-0.3, -0.25) is 0 Å². The Morgan fingerprint density at radius 2 is 2.10 bits per heavy atom. The Kier molecular flexibility index (Phi) is 4.91. The number of nitrogens with one attached hydrogen (secondary N) is 1. The van der Waals surface area contributed by atoms with Gasteiger partial charge in [0.05, 0.1) is 0 Å². The van der Waals surface area contributed by atoms with Crippen molar-refractivity contribution in [1.82, 2.24) is 0 Å². The Labute approximate surface area is 124 Å². The Balaban J connectivity index is 2.09. The second kappa shape index (κ2) is 6.47. The van der Waals surface area contributed by atoms with E-state index in [1.54, 1.807) is 0 Å². The molecule has 1 heteroatoms. The topological polar surface area (TPSA) is 12.0 Å². The Morgan fingerprint density at radius 3 is 2.65 bits per heavy atom. The number of hydrogen-bond donors (Lipinski definition) is 1. The van der Waals surface area contributed by atoms with E-state index in [9.17, 15) is 0 Å². The van der Waals surface area contributed by atoms with Crippen LogP contribution in [0.1, 0.15) is 57.1 Å². The molecule has 0 atom stereocenters. The first-order valence-corrected chi connectivity index (χ1v) is 8.07. The van der Waals surface area contributed by atoms with Crippen LogP contribution in [0.3, 0.4) is 0 Å². The van der Waals surface area contributed by atoms with Crippen LogP contribution in [0, 0.1) is 5.41 Å². The molecule has 0 unspecified atom stereocenters. The van der Waals surface area contributed by atoms with Gasteiger partial charge >= 0.3 is 0 Å². The first kappa shape index (κ1) is 15.2. The molecule has 1 aliphatic carbocycles. The molecule has 0 amide bonds. The molecule has 1 saturated carbocycles. The minimum atomic E-state index is 0.395. The minimum Gasteiger partial charge on any atom is -0.388 e. The standard InChI is InChI=1S/C19H29N/c1-5-6-8-16-9-10-17(18(14-16)20-4)13-15(2)19(3)11-7-12-19/h9-10,14,20H,2,5-8,11-13H2,1,3-4H3. The second-order valence-corrected chi connectivity index (χ2v) is 6.54. The lowest BCUT2D eigenvalue weighted by molar-refractivity contribution is 0.211. The van der Waals surface area contributed by atoms with Crippen molar-refractivity contribution >= 4 is 5.69 Å². The lowest BCUT2D eigenvalue weighted by atomic mass is 9.65. The molecule has 0 bridgehead atoms. The van der Waals surface area contributed by atoms with Gasteiger partial charge in [-0.1, -0.05) is 51.0 Å². The average molecular weight is 271 g/mol. The predicted molar refractivity (Wildman–Crippen MR) is 89.4 cm³/mol. The van der Waals surface area contributed by atoms with Gasteiger partial charge in [-0.15, -0.1) is 0 Å². The summed E-state index contributed by atoms with van der Waals surface area (Å²) in [5.74, 6) is 0. The van der Waals surface area contributed by atoms with Crippen molar-refractivity contribution in [2.75, 3.05) is 12.4 Å². The van der Waals surface area contributed by atoms with E-state index in [4.69, 9.17) is 0 Å². The molecule has 1 nitrogen and oxygen atoms in total. The summed E-state index contributed by atoms with van der Waals surface area (Å²) in [4.78, 5) is 0. The lowest BCUT2D eigenvalue weighted by Gasteiger charge is -2.40. The van der Waals surface area contributed by atoms with Crippen LogP contribution in [0.15, 0.2) is 30.4 Å². The summed E-state index contributed by atoms with van der Waals surface area (Å²) in [6.07, 6.45) is 8.72. The number of aryl methyl sites for hydroxylation is 1. The van der Waals surface area contributed by atoms with E-state index in [1.165, 1.54) is 60.9 Å². The van der Waals surface area contributed by atoms with Gasteiger partial charge in [0, 0.05) is 12.7 Å². The van der Waals surface area contributed by atoms with E-state index in [1.807, 2.05) is 7.05 Å². The van der Waals surface area contributed by atoms with Gasteiger partial charge in [0.15, 0.2) is 0 Å². The van der Waals surface area contributed by atoms with Crippen LogP contribution in [-0.2, 0) is 12.8 Å². The molecular formula is C19H29N. The molecule has 1 aromatic rings. The monoisotopic (exact) mass is 271 g/mol. The van der Waals surface area contributed by atoms with E-state index >= 15 is 0 Å². The third-order valence-electron chi connectivity index (χ3n) is 4.98. The van der Waals surface area contributed by atoms with Crippen molar-refractivity contribution in [3.8, 4) is 0 Å². The average Bonchev–Trinajstić information content (AvgIpc) is 2.43. The lowest BCUT2D eigenvalue weighted by Crippen LogP contribution is -2.28. The maximum absolute atomic E-state index is 4.36. The highest BCUT2D eigenvalue weighted by Crippen LogP contribution is 2.47. The maximum atomic E-state index is 4.36. The van der Waals surface area contributed by atoms with Crippen molar-refractivity contribution in [1.29, 1.82) is 0 Å². The van der Waals surface area contributed by atoms with Crippen molar-refractivity contribution < 1.29 is 0 Å². The molecule has 1 fully saturated rings. The molecule has 0 heterocycles. The summed E-state index contributed by atoms with van der Waals surface area (Å²) in [5, 5.41) is 3.36. The summed E-state index contributed by atoms with van der Waals surface area (Å²) in [5.41, 5.74) is 5.92. The molecule has 20 heavy (non-hydrogen) atoms. The van der Waals surface area contributed by atoms with Gasteiger partial charge in [-0.25, -0.2) is 0 Å². The number of hydrogen-bond acceptors (Lipinski definition) is 1. The minimum absolute atomic E-state index is 0.395. The second-order valence-electron chi connectivity index (χ2n) is 6.54. The fraction of sp³-hybridized carbons (Fsp3) is 0.579. The molecule has 0 aromatic heterocycles. The molecule has 1 aromatic carbocycles. The third kappa shape index (κ3) is 3.26. The first-order chi connectivity index (χ1) is 9.59. The molecule has 1 N–H and O–H groups in total. The van der Waals surface area contributed by atoms with Gasteiger partial charge < -0.3 is 5.32 Å². The first-order valence-electron chi connectivity index (χ1n) is 8.07. The van der Waals surface area contributed by atoms with E-state index in [2.05, 4.69) is 43.9 Å². The van der Waals surface area contributed by atoms with Crippen molar-refractivity contribution in [2.45, 2.75) is 58.8 Å². The molecular weight excluding hydrogens is 242 g/mol. The summed E-state index contributed by atoms with van der Waals surface area (Å²) in [6, 6.07) is 6.91. The van der Waals surface area contributed by atoms with Gasteiger partial charge in [-0.2, -0.15) is 0 Å². The summed E-state index contributed by atoms with van der Waals surface area (Å²) >= 11 is 0. The molecule has 110 valence electrons. The van der Waals surface area contributed by atoms with Crippen LogP contribution < -0.4 is 5.32 Å². The van der Waals surface area contributed by atoms with E-state index in [-0.39, 0.29) is 0 Å². The highest BCUT2D eigenvalue weighted by atomic mass is 14.8. The molecule has 0 radical (unpaired) electrons. The Bertz CT molecular complexity index is 469.